The zero-order chi connectivity index (χ0) is 21.0. The molecule has 0 radical (unpaired) electrons. The number of piperazine rings is 1. The van der Waals surface area contributed by atoms with Gasteiger partial charge in [-0.15, -0.1) is 0 Å². The van der Waals surface area contributed by atoms with Gasteiger partial charge in [-0.25, -0.2) is 0 Å². The Hall–Kier alpha value is -1.92. The van der Waals surface area contributed by atoms with Gasteiger partial charge >= 0.3 is 0 Å². The van der Waals surface area contributed by atoms with Gasteiger partial charge < -0.3 is 10.2 Å². The van der Waals surface area contributed by atoms with Crippen molar-refractivity contribution in [3.63, 3.8) is 0 Å². The second-order valence-corrected chi connectivity index (χ2v) is 9.09. The van der Waals surface area contributed by atoms with Crippen LogP contribution in [0.5, 0.6) is 0 Å². The summed E-state index contributed by atoms with van der Waals surface area (Å²) in [6, 6.07) is 7.77. The number of benzene rings is 1. The molecule has 2 amide bonds. The summed E-state index contributed by atoms with van der Waals surface area (Å²) < 4.78 is 0. The molecular formula is C23H36N4O2. The Morgan fingerprint density at radius 1 is 1.03 bits per heavy atom. The maximum Gasteiger partial charge on any atom is 0.239 e. The van der Waals surface area contributed by atoms with E-state index in [1.165, 1.54) is 12.0 Å². The van der Waals surface area contributed by atoms with E-state index < -0.39 is 0 Å². The monoisotopic (exact) mass is 400 g/mol. The molecule has 0 unspecified atom stereocenters. The fourth-order valence-electron chi connectivity index (χ4n) is 4.61. The van der Waals surface area contributed by atoms with Crippen molar-refractivity contribution in [3.8, 4) is 0 Å². The lowest BCUT2D eigenvalue weighted by Gasteiger charge is -2.41. The first kappa shape index (κ1) is 21.8. The van der Waals surface area contributed by atoms with E-state index in [4.69, 9.17) is 0 Å². The van der Waals surface area contributed by atoms with Crippen LogP contribution in [-0.4, -0.2) is 78.4 Å². The zero-order valence-corrected chi connectivity index (χ0v) is 18.4. The number of hydrogen-bond donors (Lipinski definition) is 1. The van der Waals surface area contributed by atoms with Crippen molar-refractivity contribution < 1.29 is 9.59 Å². The van der Waals surface area contributed by atoms with Gasteiger partial charge in [-0.05, 0) is 44.2 Å². The predicted molar refractivity (Wildman–Crippen MR) is 117 cm³/mol. The quantitative estimate of drug-likeness (QED) is 0.825. The first-order valence-corrected chi connectivity index (χ1v) is 10.9. The lowest BCUT2D eigenvalue weighted by Crippen LogP contribution is -2.56. The summed E-state index contributed by atoms with van der Waals surface area (Å²) in [5, 5.41) is 2.96. The topological polar surface area (TPSA) is 55.9 Å². The van der Waals surface area contributed by atoms with Crippen molar-refractivity contribution in [3.05, 3.63) is 29.8 Å². The van der Waals surface area contributed by atoms with Gasteiger partial charge in [0.05, 0.1) is 12.6 Å². The van der Waals surface area contributed by atoms with Gasteiger partial charge in [-0.2, -0.15) is 0 Å². The highest BCUT2D eigenvalue weighted by molar-refractivity contribution is 5.92. The Balaban J connectivity index is 1.44. The van der Waals surface area contributed by atoms with Crippen molar-refractivity contribution in [2.45, 2.75) is 40.2 Å². The molecule has 2 saturated heterocycles. The van der Waals surface area contributed by atoms with E-state index >= 15 is 0 Å². The van der Waals surface area contributed by atoms with Crippen molar-refractivity contribution in [1.82, 2.24) is 14.7 Å². The molecule has 6 nitrogen and oxygen atoms in total. The smallest absolute Gasteiger partial charge is 0.239 e. The van der Waals surface area contributed by atoms with Crippen molar-refractivity contribution >= 4 is 17.5 Å². The number of carbonyl (C=O) groups excluding carboxylic acids is 2. The van der Waals surface area contributed by atoms with Crippen molar-refractivity contribution in [2.24, 2.45) is 11.8 Å². The summed E-state index contributed by atoms with van der Waals surface area (Å²) in [4.78, 5) is 31.8. The van der Waals surface area contributed by atoms with Gasteiger partial charge in [0, 0.05) is 45.0 Å². The first-order chi connectivity index (χ1) is 13.8. The molecule has 1 aromatic carbocycles. The Morgan fingerprint density at radius 2 is 1.62 bits per heavy atom. The largest absolute Gasteiger partial charge is 0.341 e. The summed E-state index contributed by atoms with van der Waals surface area (Å²) in [6.07, 6.45) is 1.21. The number of rotatable bonds is 5. The minimum absolute atomic E-state index is 0.0164. The molecule has 2 aliphatic heterocycles. The van der Waals surface area contributed by atoms with Crippen molar-refractivity contribution in [1.29, 1.82) is 0 Å². The Morgan fingerprint density at radius 3 is 2.21 bits per heavy atom. The van der Waals surface area contributed by atoms with Crippen LogP contribution in [0.25, 0.3) is 0 Å². The molecule has 1 N–H and O–H groups in total. The Bertz CT molecular complexity index is 687. The highest BCUT2D eigenvalue weighted by Crippen LogP contribution is 2.22. The SMILES string of the molecule is Cc1ccc(NC(=O)CN2CCN([C@H](C)C(=O)N3C[C@H](C)C[C@H](C)C3)CC2)cc1. The maximum absolute atomic E-state index is 13.0. The van der Waals surface area contributed by atoms with E-state index in [2.05, 4.69) is 33.9 Å². The minimum atomic E-state index is -0.0870. The average Bonchev–Trinajstić information content (AvgIpc) is 2.68. The zero-order valence-electron chi connectivity index (χ0n) is 18.4. The molecule has 3 atom stereocenters. The molecule has 0 bridgehead atoms. The van der Waals surface area contributed by atoms with Gasteiger partial charge in [0.25, 0.3) is 0 Å². The van der Waals surface area contributed by atoms with E-state index in [9.17, 15) is 9.59 Å². The molecule has 2 fully saturated rings. The summed E-state index contributed by atoms with van der Waals surface area (Å²) in [7, 11) is 0. The maximum atomic E-state index is 13.0. The molecule has 29 heavy (non-hydrogen) atoms. The highest BCUT2D eigenvalue weighted by Gasteiger charge is 2.32. The van der Waals surface area contributed by atoms with Crippen LogP contribution in [0.1, 0.15) is 32.8 Å². The van der Waals surface area contributed by atoms with E-state index in [-0.39, 0.29) is 17.9 Å². The molecule has 0 spiro atoms. The Labute approximate surface area is 175 Å². The predicted octanol–water partition coefficient (Wildman–Crippen LogP) is 2.44. The second-order valence-electron chi connectivity index (χ2n) is 9.09. The summed E-state index contributed by atoms with van der Waals surface area (Å²) in [5.74, 6) is 1.44. The van der Waals surface area contributed by atoms with E-state index in [1.54, 1.807) is 0 Å². The van der Waals surface area contributed by atoms with Gasteiger partial charge in [-0.1, -0.05) is 31.5 Å². The average molecular weight is 401 g/mol. The molecule has 3 rings (SSSR count). The summed E-state index contributed by atoms with van der Waals surface area (Å²) >= 11 is 0. The standard InChI is InChI=1S/C23H36N4O2/c1-17-5-7-21(8-6-17)24-22(28)16-25-9-11-26(12-10-25)20(4)23(29)27-14-18(2)13-19(3)15-27/h5-8,18-20H,9-16H2,1-4H3,(H,24,28)/t18-,19+,20-/m1/s1. The summed E-state index contributed by atoms with van der Waals surface area (Å²) in [5.41, 5.74) is 2.01. The molecule has 0 aliphatic carbocycles. The number of hydrogen-bond acceptors (Lipinski definition) is 4. The van der Waals surface area contributed by atoms with E-state index in [0.717, 1.165) is 45.0 Å². The molecule has 6 heteroatoms. The van der Waals surface area contributed by atoms with Crippen LogP contribution in [0.3, 0.4) is 0 Å². The van der Waals surface area contributed by atoms with Crippen LogP contribution in [-0.2, 0) is 9.59 Å². The third-order valence-corrected chi connectivity index (χ3v) is 6.20. The van der Waals surface area contributed by atoms with E-state index in [0.29, 0.717) is 18.4 Å². The lowest BCUT2D eigenvalue weighted by molar-refractivity contribution is -0.140. The van der Waals surface area contributed by atoms with Gasteiger partial charge in [-0.3, -0.25) is 19.4 Å². The number of likely N-dealkylation sites (tertiary alicyclic amines) is 1. The number of nitrogens with one attached hydrogen (secondary N) is 1. The molecule has 1 aromatic rings. The third kappa shape index (κ3) is 6.03. The van der Waals surface area contributed by atoms with Gasteiger partial charge in [0.2, 0.25) is 11.8 Å². The molecule has 0 aromatic heterocycles. The van der Waals surface area contributed by atoms with Crippen LogP contribution in [0, 0.1) is 18.8 Å². The number of carbonyl (C=O) groups is 2. The second kappa shape index (κ2) is 9.72. The third-order valence-electron chi connectivity index (χ3n) is 6.20. The van der Waals surface area contributed by atoms with Crippen LogP contribution in [0.15, 0.2) is 24.3 Å². The van der Waals surface area contributed by atoms with Gasteiger partial charge in [0.1, 0.15) is 0 Å². The molecule has 2 aliphatic rings. The lowest BCUT2D eigenvalue weighted by atomic mass is 9.91. The number of nitrogens with zero attached hydrogens (tertiary/aromatic N) is 3. The van der Waals surface area contributed by atoms with Crippen LogP contribution < -0.4 is 5.32 Å². The first-order valence-electron chi connectivity index (χ1n) is 10.9. The minimum Gasteiger partial charge on any atom is -0.341 e. The fourth-order valence-corrected chi connectivity index (χ4v) is 4.61. The summed E-state index contributed by atoms with van der Waals surface area (Å²) in [6.45, 7) is 14.0. The highest BCUT2D eigenvalue weighted by atomic mass is 16.2. The van der Waals surface area contributed by atoms with Gasteiger partial charge in [0.15, 0.2) is 0 Å². The number of anilines is 1. The molecule has 160 valence electrons. The number of amides is 2. The molecular weight excluding hydrogens is 364 g/mol. The van der Waals surface area contributed by atoms with E-state index in [1.807, 2.05) is 38.1 Å². The normalized spacial score (nSPS) is 24.9. The van der Waals surface area contributed by atoms with Crippen LogP contribution in [0.4, 0.5) is 5.69 Å². The Kier molecular flexibility index (Phi) is 7.30. The fraction of sp³-hybridized carbons (Fsp3) is 0.652. The number of aryl methyl sites for hydroxylation is 1. The molecule has 2 heterocycles. The van der Waals surface area contributed by atoms with Crippen LogP contribution >= 0.6 is 0 Å². The number of piperidine rings is 1. The molecule has 0 saturated carbocycles. The van der Waals surface area contributed by atoms with Crippen molar-refractivity contribution in [2.75, 3.05) is 51.1 Å². The van der Waals surface area contributed by atoms with Crippen LogP contribution in [0.2, 0.25) is 0 Å².